The number of nitrogens with zero attached hydrogens (tertiary/aromatic N) is 2. The van der Waals surface area contributed by atoms with Gasteiger partial charge in [-0.05, 0) is 37.0 Å². The Hall–Kier alpha value is -2.69. The van der Waals surface area contributed by atoms with Crippen LogP contribution in [-0.4, -0.2) is 15.9 Å². The summed E-state index contributed by atoms with van der Waals surface area (Å²) >= 11 is 0. The summed E-state index contributed by atoms with van der Waals surface area (Å²) in [6.45, 7) is 0. The molecule has 2 aromatic heterocycles. The summed E-state index contributed by atoms with van der Waals surface area (Å²) in [5.74, 6) is 0.763. The Balaban J connectivity index is 1.35. The van der Waals surface area contributed by atoms with E-state index in [1.165, 1.54) is 11.8 Å². The van der Waals surface area contributed by atoms with Crippen molar-refractivity contribution in [1.82, 2.24) is 10.1 Å². The SMILES string of the molecule is O=C(CCCCCCc1ccccc1)c1nc(-c2ccco2)no1. The molecule has 2 heterocycles. The van der Waals surface area contributed by atoms with Crippen molar-refractivity contribution in [3.8, 4) is 11.6 Å². The standard InChI is InChI=1S/C19H20N2O3/c22-16(19-20-18(21-24-19)17-13-8-14-23-17)12-7-2-1-4-9-15-10-5-3-6-11-15/h3,5-6,8,10-11,13-14H,1-2,4,7,9,12H2. The zero-order valence-corrected chi connectivity index (χ0v) is 13.5. The number of aromatic nitrogens is 2. The maximum atomic E-state index is 12.1. The van der Waals surface area contributed by atoms with Crippen LogP contribution in [0.25, 0.3) is 11.6 Å². The lowest BCUT2D eigenvalue weighted by Crippen LogP contribution is -1.99. The second kappa shape index (κ2) is 8.24. The predicted molar refractivity (Wildman–Crippen MR) is 89.6 cm³/mol. The van der Waals surface area contributed by atoms with Crippen molar-refractivity contribution in [2.45, 2.75) is 38.5 Å². The number of unbranched alkanes of at least 4 members (excludes halogenated alkanes) is 3. The van der Waals surface area contributed by atoms with Crippen molar-refractivity contribution in [1.29, 1.82) is 0 Å². The van der Waals surface area contributed by atoms with E-state index in [1.54, 1.807) is 12.1 Å². The van der Waals surface area contributed by atoms with Gasteiger partial charge >= 0.3 is 0 Å². The molecule has 3 aromatic rings. The van der Waals surface area contributed by atoms with Crippen LogP contribution < -0.4 is 0 Å². The fourth-order valence-corrected chi connectivity index (χ4v) is 2.56. The quantitative estimate of drug-likeness (QED) is 0.421. The lowest BCUT2D eigenvalue weighted by Gasteiger charge is -2.01. The van der Waals surface area contributed by atoms with Crippen LogP contribution in [0.15, 0.2) is 57.7 Å². The van der Waals surface area contributed by atoms with E-state index in [1.807, 2.05) is 6.07 Å². The first kappa shape index (κ1) is 16.2. The number of aryl methyl sites for hydroxylation is 1. The number of benzene rings is 1. The zero-order chi connectivity index (χ0) is 16.6. The summed E-state index contributed by atoms with van der Waals surface area (Å²) in [6.07, 6.45) is 7.17. The van der Waals surface area contributed by atoms with E-state index in [9.17, 15) is 4.79 Å². The van der Waals surface area contributed by atoms with Gasteiger partial charge in [-0.1, -0.05) is 48.3 Å². The van der Waals surface area contributed by atoms with Gasteiger partial charge in [-0.3, -0.25) is 4.79 Å². The fourth-order valence-electron chi connectivity index (χ4n) is 2.56. The lowest BCUT2D eigenvalue weighted by molar-refractivity contribution is 0.0936. The highest BCUT2D eigenvalue weighted by atomic mass is 16.5. The van der Waals surface area contributed by atoms with Crippen LogP contribution in [-0.2, 0) is 6.42 Å². The van der Waals surface area contributed by atoms with Gasteiger partial charge in [-0.25, -0.2) is 0 Å². The predicted octanol–water partition coefficient (Wildman–Crippen LogP) is 4.71. The molecule has 5 heteroatoms. The molecule has 0 saturated heterocycles. The van der Waals surface area contributed by atoms with Crippen molar-refractivity contribution in [2.24, 2.45) is 0 Å². The Labute approximate surface area is 140 Å². The van der Waals surface area contributed by atoms with Crippen LogP contribution in [0.3, 0.4) is 0 Å². The number of carbonyl (C=O) groups excluding carboxylic acids is 1. The Kier molecular flexibility index (Phi) is 5.56. The second-order valence-corrected chi connectivity index (χ2v) is 5.72. The smallest absolute Gasteiger partial charge is 0.294 e. The first-order valence-electron chi connectivity index (χ1n) is 8.27. The van der Waals surface area contributed by atoms with Crippen LogP contribution in [0.2, 0.25) is 0 Å². The van der Waals surface area contributed by atoms with Gasteiger partial charge in [0, 0.05) is 6.42 Å². The number of ketones is 1. The average molecular weight is 324 g/mol. The molecule has 24 heavy (non-hydrogen) atoms. The Morgan fingerprint density at radius 3 is 2.58 bits per heavy atom. The van der Waals surface area contributed by atoms with E-state index < -0.39 is 0 Å². The number of furan rings is 1. The number of carbonyl (C=O) groups is 1. The lowest BCUT2D eigenvalue weighted by atomic mass is 10.0. The Morgan fingerprint density at radius 2 is 1.79 bits per heavy atom. The topological polar surface area (TPSA) is 69.1 Å². The third-order valence-corrected chi connectivity index (χ3v) is 3.87. The normalized spacial score (nSPS) is 10.8. The van der Waals surface area contributed by atoms with Gasteiger partial charge in [-0.2, -0.15) is 4.98 Å². The summed E-state index contributed by atoms with van der Waals surface area (Å²) in [6, 6.07) is 13.9. The van der Waals surface area contributed by atoms with Gasteiger partial charge in [0.15, 0.2) is 5.76 Å². The molecule has 0 radical (unpaired) electrons. The molecule has 0 N–H and O–H groups in total. The largest absolute Gasteiger partial charge is 0.461 e. The van der Waals surface area contributed by atoms with E-state index in [0.29, 0.717) is 18.0 Å². The van der Waals surface area contributed by atoms with E-state index in [0.717, 1.165) is 32.1 Å². The molecular weight excluding hydrogens is 304 g/mol. The molecule has 3 rings (SSSR count). The zero-order valence-electron chi connectivity index (χ0n) is 13.5. The minimum atomic E-state index is -0.108. The molecule has 0 unspecified atom stereocenters. The number of Topliss-reactive ketones (excluding diaryl/α,β-unsaturated/α-hetero) is 1. The van der Waals surface area contributed by atoms with Crippen LogP contribution in [0.1, 0.15) is 48.4 Å². The molecule has 124 valence electrons. The molecule has 0 saturated carbocycles. The van der Waals surface area contributed by atoms with Gasteiger partial charge in [-0.15, -0.1) is 0 Å². The van der Waals surface area contributed by atoms with Crippen molar-refractivity contribution in [3.63, 3.8) is 0 Å². The van der Waals surface area contributed by atoms with E-state index in [-0.39, 0.29) is 11.7 Å². The van der Waals surface area contributed by atoms with E-state index >= 15 is 0 Å². The molecule has 0 atom stereocenters. The minimum Gasteiger partial charge on any atom is -0.461 e. The number of rotatable bonds is 9. The molecule has 1 aromatic carbocycles. The molecule has 0 aliphatic carbocycles. The van der Waals surface area contributed by atoms with Gasteiger partial charge in [0.25, 0.3) is 5.89 Å². The third-order valence-electron chi connectivity index (χ3n) is 3.87. The number of hydrogen-bond acceptors (Lipinski definition) is 5. The van der Waals surface area contributed by atoms with E-state index in [2.05, 4.69) is 34.4 Å². The first-order chi connectivity index (χ1) is 11.8. The van der Waals surface area contributed by atoms with Crippen LogP contribution in [0.4, 0.5) is 0 Å². The molecule has 0 fully saturated rings. The van der Waals surface area contributed by atoms with Crippen LogP contribution in [0.5, 0.6) is 0 Å². The molecule has 0 aliphatic rings. The molecule has 0 amide bonds. The Morgan fingerprint density at radius 1 is 0.958 bits per heavy atom. The monoisotopic (exact) mass is 324 g/mol. The van der Waals surface area contributed by atoms with Gasteiger partial charge in [0.05, 0.1) is 6.26 Å². The van der Waals surface area contributed by atoms with Crippen molar-refractivity contribution in [2.75, 3.05) is 0 Å². The summed E-state index contributed by atoms with van der Waals surface area (Å²) in [5, 5.41) is 3.77. The second-order valence-electron chi connectivity index (χ2n) is 5.72. The van der Waals surface area contributed by atoms with Crippen LogP contribution >= 0.6 is 0 Å². The first-order valence-corrected chi connectivity index (χ1v) is 8.27. The summed E-state index contributed by atoms with van der Waals surface area (Å²) < 4.78 is 10.2. The van der Waals surface area contributed by atoms with E-state index in [4.69, 9.17) is 8.94 Å². The maximum Gasteiger partial charge on any atom is 0.294 e. The van der Waals surface area contributed by atoms with Gasteiger partial charge in [0.2, 0.25) is 11.6 Å². The van der Waals surface area contributed by atoms with Gasteiger partial charge < -0.3 is 8.94 Å². The molecule has 0 bridgehead atoms. The van der Waals surface area contributed by atoms with Crippen molar-refractivity contribution < 1.29 is 13.7 Å². The van der Waals surface area contributed by atoms with Crippen molar-refractivity contribution in [3.05, 3.63) is 60.2 Å². The molecule has 0 aliphatic heterocycles. The fraction of sp³-hybridized carbons (Fsp3) is 0.316. The summed E-state index contributed by atoms with van der Waals surface area (Å²) in [5.41, 5.74) is 1.37. The minimum absolute atomic E-state index is 0.0608. The molecule has 5 nitrogen and oxygen atoms in total. The molecule has 0 spiro atoms. The highest BCUT2D eigenvalue weighted by Gasteiger charge is 2.16. The average Bonchev–Trinajstić information content (AvgIpc) is 3.29. The van der Waals surface area contributed by atoms with Crippen LogP contribution in [0, 0.1) is 0 Å². The molecular formula is C19H20N2O3. The Bertz CT molecular complexity index is 748. The number of hydrogen-bond donors (Lipinski definition) is 0. The highest BCUT2D eigenvalue weighted by molar-refractivity contribution is 5.91. The third kappa shape index (κ3) is 4.41. The van der Waals surface area contributed by atoms with Gasteiger partial charge in [0.1, 0.15) is 0 Å². The summed E-state index contributed by atoms with van der Waals surface area (Å²) in [4.78, 5) is 16.1. The maximum absolute atomic E-state index is 12.1. The van der Waals surface area contributed by atoms with Crippen molar-refractivity contribution >= 4 is 5.78 Å². The highest BCUT2D eigenvalue weighted by Crippen LogP contribution is 2.17. The summed E-state index contributed by atoms with van der Waals surface area (Å²) in [7, 11) is 0.